The fourth-order valence-corrected chi connectivity index (χ4v) is 2.22. The maximum absolute atomic E-state index is 10.8. The highest BCUT2D eigenvalue weighted by atomic mass is 16.6. The highest BCUT2D eigenvalue weighted by Crippen LogP contribution is 2.27. The van der Waals surface area contributed by atoms with Crippen LogP contribution in [-0.2, 0) is 16.1 Å². The van der Waals surface area contributed by atoms with E-state index in [-0.39, 0.29) is 24.5 Å². The molecule has 0 aromatic carbocycles. The standard InChI is InChI=1S/C12H15NO6/c14-12(15)8-1-3-9(4-2-8)18-7-10-5-6-11(19-10)13(16)17/h5-6,8-9H,1-4,7H2,(H,14,15). The molecule has 0 amide bonds. The number of aliphatic carboxylic acids is 1. The van der Waals surface area contributed by atoms with Crippen LogP contribution in [0.25, 0.3) is 0 Å². The van der Waals surface area contributed by atoms with Crippen LogP contribution in [0.2, 0.25) is 0 Å². The average Bonchev–Trinajstić information content (AvgIpc) is 2.86. The summed E-state index contributed by atoms with van der Waals surface area (Å²) in [4.78, 5) is 20.6. The van der Waals surface area contributed by atoms with E-state index in [0.717, 1.165) is 0 Å². The smallest absolute Gasteiger partial charge is 0.433 e. The summed E-state index contributed by atoms with van der Waals surface area (Å²) in [6, 6.07) is 2.81. The molecule has 1 saturated carbocycles. The van der Waals surface area contributed by atoms with Crippen molar-refractivity contribution in [3.63, 3.8) is 0 Å². The van der Waals surface area contributed by atoms with Crippen LogP contribution < -0.4 is 0 Å². The molecule has 7 nitrogen and oxygen atoms in total. The normalized spacial score (nSPS) is 23.2. The molecule has 0 atom stereocenters. The highest BCUT2D eigenvalue weighted by molar-refractivity contribution is 5.70. The molecule has 1 fully saturated rings. The molecule has 1 aromatic rings. The van der Waals surface area contributed by atoms with Crippen LogP contribution in [-0.4, -0.2) is 22.1 Å². The predicted octanol–water partition coefficient (Wildman–Crippen LogP) is 2.35. The van der Waals surface area contributed by atoms with Gasteiger partial charge in [-0.15, -0.1) is 0 Å². The fraction of sp³-hybridized carbons (Fsp3) is 0.583. The Morgan fingerprint density at radius 1 is 1.42 bits per heavy atom. The van der Waals surface area contributed by atoms with E-state index < -0.39 is 10.9 Å². The summed E-state index contributed by atoms with van der Waals surface area (Å²) in [5.41, 5.74) is 0. The van der Waals surface area contributed by atoms with Gasteiger partial charge >= 0.3 is 11.9 Å². The maximum atomic E-state index is 10.8. The van der Waals surface area contributed by atoms with Crippen molar-refractivity contribution >= 4 is 11.9 Å². The number of furan rings is 1. The quantitative estimate of drug-likeness (QED) is 0.650. The van der Waals surface area contributed by atoms with Crippen molar-refractivity contribution in [1.82, 2.24) is 0 Å². The zero-order valence-electron chi connectivity index (χ0n) is 10.3. The van der Waals surface area contributed by atoms with E-state index in [2.05, 4.69) is 0 Å². The van der Waals surface area contributed by atoms with Crippen molar-refractivity contribution in [2.24, 2.45) is 5.92 Å². The molecular formula is C12H15NO6. The largest absolute Gasteiger partial charge is 0.481 e. The van der Waals surface area contributed by atoms with Gasteiger partial charge in [-0.1, -0.05) is 0 Å². The van der Waals surface area contributed by atoms with E-state index in [1.165, 1.54) is 12.1 Å². The molecule has 0 spiro atoms. The number of hydrogen-bond acceptors (Lipinski definition) is 5. The lowest BCUT2D eigenvalue weighted by molar-refractivity contribution is -0.402. The number of carboxylic acid groups (broad SMARTS) is 1. The van der Waals surface area contributed by atoms with Crippen molar-refractivity contribution < 1.29 is 24.0 Å². The number of rotatable bonds is 5. The summed E-state index contributed by atoms with van der Waals surface area (Å²) < 4.78 is 10.6. The molecule has 0 saturated heterocycles. The Labute approximate surface area is 109 Å². The minimum Gasteiger partial charge on any atom is -0.481 e. The summed E-state index contributed by atoms with van der Waals surface area (Å²) in [5.74, 6) is -0.912. The minimum atomic E-state index is -0.750. The molecule has 104 valence electrons. The van der Waals surface area contributed by atoms with Gasteiger partial charge in [0.1, 0.15) is 17.3 Å². The fourth-order valence-electron chi connectivity index (χ4n) is 2.22. The Kier molecular flexibility index (Phi) is 4.16. The second-order valence-corrected chi connectivity index (χ2v) is 4.62. The molecule has 0 radical (unpaired) electrons. The molecule has 1 aliphatic rings. The third-order valence-electron chi connectivity index (χ3n) is 3.31. The molecule has 1 N–H and O–H groups in total. The van der Waals surface area contributed by atoms with E-state index in [0.29, 0.717) is 31.4 Å². The zero-order chi connectivity index (χ0) is 13.8. The van der Waals surface area contributed by atoms with E-state index >= 15 is 0 Å². The summed E-state index contributed by atoms with van der Waals surface area (Å²) >= 11 is 0. The molecular weight excluding hydrogens is 254 g/mol. The molecule has 1 aliphatic carbocycles. The minimum absolute atomic E-state index is 0.000226. The third kappa shape index (κ3) is 3.54. The SMILES string of the molecule is O=C(O)C1CCC(OCc2ccc([N+](=O)[O-])o2)CC1. The Balaban J connectivity index is 1.77. The summed E-state index contributed by atoms with van der Waals surface area (Å²) in [7, 11) is 0. The van der Waals surface area contributed by atoms with Crippen molar-refractivity contribution in [2.45, 2.75) is 38.4 Å². The van der Waals surface area contributed by atoms with E-state index in [9.17, 15) is 14.9 Å². The van der Waals surface area contributed by atoms with Gasteiger partial charge < -0.3 is 14.3 Å². The molecule has 7 heteroatoms. The second kappa shape index (κ2) is 5.83. The highest BCUT2D eigenvalue weighted by Gasteiger charge is 2.26. The summed E-state index contributed by atoms with van der Waals surface area (Å²) in [6.07, 6.45) is 2.61. The number of carboxylic acids is 1. The molecule has 2 rings (SSSR count). The number of nitro groups is 1. The van der Waals surface area contributed by atoms with Crippen LogP contribution in [0.3, 0.4) is 0 Å². The number of nitrogens with zero attached hydrogens (tertiary/aromatic N) is 1. The third-order valence-corrected chi connectivity index (χ3v) is 3.31. The first-order chi connectivity index (χ1) is 9.06. The van der Waals surface area contributed by atoms with Crippen molar-refractivity contribution in [2.75, 3.05) is 0 Å². The molecule has 0 unspecified atom stereocenters. The van der Waals surface area contributed by atoms with Crippen LogP contribution in [0, 0.1) is 16.0 Å². The van der Waals surface area contributed by atoms with Gasteiger partial charge in [-0.3, -0.25) is 14.9 Å². The van der Waals surface area contributed by atoms with Crippen molar-refractivity contribution in [1.29, 1.82) is 0 Å². The average molecular weight is 269 g/mol. The second-order valence-electron chi connectivity index (χ2n) is 4.62. The van der Waals surface area contributed by atoms with Crippen LogP contribution in [0.1, 0.15) is 31.4 Å². The molecule has 19 heavy (non-hydrogen) atoms. The van der Waals surface area contributed by atoms with E-state index in [1.807, 2.05) is 0 Å². The molecule has 1 heterocycles. The van der Waals surface area contributed by atoms with Gasteiger partial charge in [0.2, 0.25) is 0 Å². The van der Waals surface area contributed by atoms with Crippen molar-refractivity contribution in [3.8, 4) is 0 Å². The number of hydrogen-bond donors (Lipinski definition) is 1. The van der Waals surface area contributed by atoms with E-state index in [1.54, 1.807) is 0 Å². The Bertz CT molecular complexity index is 461. The van der Waals surface area contributed by atoms with Crippen LogP contribution in [0.5, 0.6) is 0 Å². The first kappa shape index (κ1) is 13.5. The first-order valence-electron chi connectivity index (χ1n) is 6.14. The van der Waals surface area contributed by atoms with Gasteiger partial charge in [-0.25, -0.2) is 0 Å². The van der Waals surface area contributed by atoms with Gasteiger partial charge in [0.25, 0.3) is 0 Å². The molecule has 0 aliphatic heterocycles. The van der Waals surface area contributed by atoms with E-state index in [4.69, 9.17) is 14.3 Å². The van der Waals surface area contributed by atoms with Crippen LogP contribution >= 0.6 is 0 Å². The van der Waals surface area contributed by atoms with Gasteiger partial charge in [-0.2, -0.15) is 0 Å². The van der Waals surface area contributed by atoms with Crippen molar-refractivity contribution in [3.05, 3.63) is 28.0 Å². The maximum Gasteiger partial charge on any atom is 0.433 e. The number of carbonyl (C=O) groups is 1. The van der Waals surface area contributed by atoms with Crippen LogP contribution in [0.4, 0.5) is 5.88 Å². The van der Waals surface area contributed by atoms with Crippen LogP contribution in [0.15, 0.2) is 16.5 Å². The Morgan fingerprint density at radius 3 is 2.63 bits per heavy atom. The van der Waals surface area contributed by atoms with Gasteiger partial charge in [-0.05, 0) is 31.7 Å². The lowest BCUT2D eigenvalue weighted by Crippen LogP contribution is -2.25. The topological polar surface area (TPSA) is 103 Å². The van der Waals surface area contributed by atoms with Gasteiger partial charge in [0.05, 0.1) is 18.1 Å². The zero-order valence-corrected chi connectivity index (χ0v) is 10.3. The lowest BCUT2D eigenvalue weighted by atomic mass is 9.87. The summed E-state index contributed by atoms with van der Waals surface area (Å²) in [5, 5.41) is 19.3. The molecule has 0 bridgehead atoms. The number of ether oxygens (including phenoxy) is 1. The Morgan fingerprint density at radius 2 is 2.11 bits per heavy atom. The summed E-state index contributed by atoms with van der Waals surface area (Å²) in [6.45, 7) is 0.177. The molecule has 1 aromatic heterocycles. The lowest BCUT2D eigenvalue weighted by Gasteiger charge is -2.25. The monoisotopic (exact) mass is 269 g/mol. The first-order valence-corrected chi connectivity index (χ1v) is 6.14. The predicted molar refractivity (Wildman–Crippen MR) is 63.5 cm³/mol. The van der Waals surface area contributed by atoms with Gasteiger partial charge in [0.15, 0.2) is 0 Å². The Hall–Kier alpha value is -1.89. The van der Waals surface area contributed by atoms with Gasteiger partial charge in [0, 0.05) is 0 Å².